The fourth-order valence-corrected chi connectivity index (χ4v) is 4.09. The molecule has 2 aromatic carbocycles. The van der Waals surface area contributed by atoms with Crippen LogP contribution in [0.25, 0.3) is 0 Å². The van der Waals surface area contributed by atoms with Crippen LogP contribution in [0.5, 0.6) is 0 Å². The van der Waals surface area contributed by atoms with E-state index < -0.39 is 34.3 Å². The number of allylic oxidation sites excluding steroid dienone is 2. The van der Waals surface area contributed by atoms with E-state index in [1.807, 2.05) is 6.92 Å². The quantitative estimate of drug-likeness (QED) is 0.428. The number of ether oxygens (including phenoxy) is 1. The molecule has 3 atom stereocenters. The van der Waals surface area contributed by atoms with E-state index in [2.05, 4.69) is 0 Å². The summed E-state index contributed by atoms with van der Waals surface area (Å²) in [6.45, 7) is 5.31. The molecule has 0 aliphatic rings. The maximum absolute atomic E-state index is 13.9. The van der Waals surface area contributed by atoms with Gasteiger partial charge in [0.15, 0.2) is 0 Å². The lowest BCUT2D eigenvalue weighted by atomic mass is 10.1. The van der Waals surface area contributed by atoms with Crippen LogP contribution in [0.3, 0.4) is 0 Å². The summed E-state index contributed by atoms with van der Waals surface area (Å²) in [5, 5.41) is -1.47. The molecule has 0 aromatic heterocycles. The Morgan fingerprint density at radius 2 is 1.66 bits per heavy atom. The molecule has 0 heterocycles. The topological polar surface area (TPSA) is 43.4 Å². The molecular formula is C22H23F3O3S. The summed E-state index contributed by atoms with van der Waals surface area (Å²) in [7, 11) is -2.04. The van der Waals surface area contributed by atoms with Crippen molar-refractivity contribution in [3.8, 4) is 0 Å². The van der Waals surface area contributed by atoms with Gasteiger partial charge in [-0.1, -0.05) is 47.5 Å². The zero-order valence-electron chi connectivity index (χ0n) is 16.4. The number of halogens is 3. The molecule has 1 unspecified atom stereocenters. The van der Waals surface area contributed by atoms with E-state index >= 15 is 0 Å². The van der Waals surface area contributed by atoms with E-state index in [0.717, 1.165) is 11.1 Å². The van der Waals surface area contributed by atoms with Gasteiger partial charge in [-0.25, -0.2) is 4.79 Å². The molecule has 0 amide bonds. The van der Waals surface area contributed by atoms with Gasteiger partial charge in [-0.3, -0.25) is 4.21 Å². The van der Waals surface area contributed by atoms with Gasteiger partial charge in [-0.15, -0.1) is 0 Å². The largest absolute Gasteiger partial charge is 0.448 e. The summed E-state index contributed by atoms with van der Waals surface area (Å²) in [6.07, 6.45) is -5.95. The van der Waals surface area contributed by atoms with Crippen LogP contribution in [0, 0.1) is 6.92 Å². The van der Waals surface area contributed by atoms with Gasteiger partial charge in [-0.2, -0.15) is 13.2 Å². The highest BCUT2D eigenvalue weighted by Crippen LogP contribution is 2.32. The number of carbonyl (C=O) groups excluding carboxylic acids is 1. The lowest BCUT2D eigenvalue weighted by Gasteiger charge is -2.28. The molecule has 2 aromatic rings. The van der Waals surface area contributed by atoms with Crippen LogP contribution in [0.1, 0.15) is 36.2 Å². The first-order chi connectivity index (χ1) is 13.6. The second-order valence-corrected chi connectivity index (χ2v) is 8.57. The number of benzene rings is 2. The minimum atomic E-state index is -4.87. The number of rotatable bonds is 7. The summed E-state index contributed by atoms with van der Waals surface area (Å²) in [5.74, 6) is -1.10. The minimum Gasteiger partial charge on any atom is -0.448 e. The van der Waals surface area contributed by atoms with Gasteiger partial charge < -0.3 is 4.74 Å². The number of hydrogen-bond acceptors (Lipinski definition) is 3. The van der Waals surface area contributed by atoms with Gasteiger partial charge in [0, 0.05) is 4.90 Å². The second-order valence-electron chi connectivity index (χ2n) is 6.90. The fraction of sp³-hybridized carbons (Fsp3) is 0.318. The molecule has 156 valence electrons. The average Bonchev–Trinajstić information content (AvgIpc) is 2.67. The van der Waals surface area contributed by atoms with Crippen molar-refractivity contribution in [2.75, 3.05) is 0 Å². The number of esters is 1. The number of alkyl halides is 3. The van der Waals surface area contributed by atoms with E-state index in [4.69, 9.17) is 4.74 Å². The first-order valence-corrected chi connectivity index (χ1v) is 10.2. The van der Waals surface area contributed by atoms with Crippen LogP contribution in [0.4, 0.5) is 13.2 Å². The van der Waals surface area contributed by atoms with Crippen LogP contribution in [-0.2, 0) is 15.5 Å². The Kier molecular flexibility index (Phi) is 7.79. The van der Waals surface area contributed by atoms with Crippen LogP contribution in [0.2, 0.25) is 0 Å². The smallest absolute Gasteiger partial charge is 0.426 e. The summed E-state index contributed by atoms with van der Waals surface area (Å²) in [4.78, 5) is 12.6. The van der Waals surface area contributed by atoms with E-state index in [0.29, 0.717) is 0 Å². The number of hydrogen-bond donors (Lipinski definition) is 0. The number of carbonyl (C=O) groups is 1. The van der Waals surface area contributed by atoms with Crippen molar-refractivity contribution < 1.29 is 26.9 Å². The van der Waals surface area contributed by atoms with Gasteiger partial charge in [-0.05, 0) is 51.5 Å². The van der Waals surface area contributed by atoms with Crippen LogP contribution in [0.15, 0.2) is 71.1 Å². The SMILES string of the molecule is CC(C)=CC[C@H]([C@@H](OC(=O)c1ccccc1)C(F)(F)F)S(=O)c1ccc(C)cc1. The van der Waals surface area contributed by atoms with Gasteiger partial charge in [0.05, 0.1) is 21.6 Å². The third-order valence-electron chi connectivity index (χ3n) is 4.19. The number of aryl methyl sites for hydroxylation is 1. The normalized spacial score (nSPS) is 14.6. The van der Waals surface area contributed by atoms with Crippen molar-refractivity contribution in [2.45, 2.75) is 49.6 Å². The Balaban J connectivity index is 2.41. The van der Waals surface area contributed by atoms with E-state index in [9.17, 15) is 22.2 Å². The molecule has 0 N–H and O–H groups in total. The van der Waals surface area contributed by atoms with E-state index in [1.165, 1.54) is 36.4 Å². The second kappa shape index (κ2) is 9.87. The molecule has 0 fully saturated rings. The molecule has 0 bridgehead atoms. The Morgan fingerprint density at radius 1 is 1.07 bits per heavy atom. The summed E-state index contributed by atoms with van der Waals surface area (Å²) < 4.78 is 59.6. The zero-order chi connectivity index (χ0) is 21.6. The molecular weight excluding hydrogens is 401 g/mol. The molecule has 29 heavy (non-hydrogen) atoms. The monoisotopic (exact) mass is 424 g/mol. The molecule has 7 heteroatoms. The molecule has 0 saturated carbocycles. The predicted molar refractivity (Wildman–Crippen MR) is 107 cm³/mol. The van der Waals surface area contributed by atoms with Crippen molar-refractivity contribution in [3.05, 3.63) is 77.4 Å². The van der Waals surface area contributed by atoms with Crippen LogP contribution in [-0.4, -0.2) is 27.7 Å². The lowest BCUT2D eigenvalue weighted by molar-refractivity contribution is -0.204. The van der Waals surface area contributed by atoms with Gasteiger partial charge in [0.1, 0.15) is 0 Å². The minimum absolute atomic E-state index is 0.00355. The van der Waals surface area contributed by atoms with Crippen LogP contribution < -0.4 is 0 Å². The predicted octanol–water partition coefficient (Wildman–Crippen LogP) is 5.62. The lowest BCUT2D eigenvalue weighted by Crippen LogP contribution is -2.45. The molecule has 0 aliphatic heterocycles. The van der Waals surface area contributed by atoms with Crippen LogP contribution >= 0.6 is 0 Å². The highest BCUT2D eigenvalue weighted by molar-refractivity contribution is 7.85. The van der Waals surface area contributed by atoms with Gasteiger partial charge in [0.2, 0.25) is 6.10 Å². The van der Waals surface area contributed by atoms with Crippen molar-refractivity contribution in [2.24, 2.45) is 0 Å². The molecule has 3 nitrogen and oxygen atoms in total. The van der Waals surface area contributed by atoms with E-state index in [-0.39, 0.29) is 16.9 Å². The first kappa shape index (κ1) is 22.9. The standard InChI is InChI=1S/C22H23F3O3S/c1-15(2)9-14-19(29(27)18-12-10-16(3)11-13-18)20(22(23,24)25)28-21(26)17-7-5-4-6-8-17/h4-13,19-20H,14H2,1-3H3/t19-,20-,29?/m1/s1. The third-order valence-corrected chi connectivity index (χ3v) is 5.92. The summed E-state index contributed by atoms with van der Waals surface area (Å²) in [5.41, 5.74) is 1.68. The zero-order valence-corrected chi connectivity index (χ0v) is 17.2. The Morgan fingerprint density at radius 3 is 2.17 bits per heavy atom. The van der Waals surface area contributed by atoms with Gasteiger partial charge >= 0.3 is 12.1 Å². The maximum atomic E-state index is 13.9. The highest BCUT2D eigenvalue weighted by atomic mass is 32.2. The third kappa shape index (κ3) is 6.56. The molecule has 0 radical (unpaired) electrons. The van der Waals surface area contributed by atoms with Crippen molar-refractivity contribution in [1.82, 2.24) is 0 Å². The summed E-state index contributed by atoms with van der Waals surface area (Å²) in [6, 6.07) is 13.9. The summed E-state index contributed by atoms with van der Waals surface area (Å²) >= 11 is 0. The van der Waals surface area contributed by atoms with Crippen molar-refractivity contribution in [3.63, 3.8) is 0 Å². The maximum Gasteiger partial charge on any atom is 0.426 e. The molecule has 0 saturated heterocycles. The first-order valence-electron chi connectivity index (χ1n) is 9.03. The fourth-order valence-electron chi connectivity index (χ4n) is 2.63. The van der Waals surface area contributed by atoms with E-state index in [1.54, 1.807) is 38.1 Å². The molecule has 2 rings (SSSR count). The van der Waals surface area contributed by atoms with Gasteiger partial charge in [0.25, 0.3) is 0 Å². The molecule has 0 aliphatic carbocycles. The average molecular weight is 424 g/mol. The molecule has 0 spiro atoms. The Labute approximate surface area is 171 Å². The van der Waals surface area contributed by atoms with Crippen molar-refractivity contribution >= 4 is 16.8 Å². The Bertz CT molecular complexity index is 870. The highest BCUT2D eigenvalue weighted by Gasteiger charge is 2.50. The van der Waals surface area contributed by atoms with Crippen molar-refractivity contribution in [1.29, 1.82) is 0 Å². The Hall–Kier alpha value is -2.41.